The van der Waals surface area contributed by atoms with Crippen LogP contribution in [0.25, 0.3) is 0 Å². The topological polar surface area (TPSA) is 72.3 Å². The summed E-state index contributed by atoms with van der Waals surface area (Å²) in [7, 11) is 0. The number of nitrogens with two attached hydrogens (primary N) is 2. The van der Waals surface area contributed by atoms with E-state index in [1.165, 1.54) is 0 Å². The minimum Gasteiger partial charge on any atom is -0.374 e. The van der Waals surface area contributed by atoms with E-state index in [0.29, 0.717) is 6.42 Å². The van der Waals surface area contributed by atoms with Crippen LogP contribution in [-0.4, -0.2) is 16.9 Å². The molecule has 0 aliphatic heterocycles. The molecule has 0 bridgehead atoms. The molecule has 9 heavy (non-hydrogen) atoms. The maximum atomic E-state index is 9.30. The summed E-state index contributed by atoms with van der Waals surface area (Å²) in [6.45, 7) is 0. The highest BCUT2D eigenvalue weighted by Crippen LogP contribution is 2.21. The lowest BCUT2D eigenvalue weighted by atomic mass is 9.88. The Kier molecular flexibility index (Phi) is 1.75. The molecular formula is C6H14N2O. The molecule has 0 aromatic heterocycles. The quantitative estimate of drug-likeness (QED) is 0.388. The van der Waals surface area contributed by atoms with Gasteiger partial charge in [0.25, 0.3) is 0 Å². The van der Waals surface area contributed by atoms with Crippen molar-refractivity contribution < 1.29 is 5.11 Å². The molecule has 0 aromatic rings. The minimum atomic E-state index is -1.09. The third-order valence-corrected chi connectivity index (χ3v) is 1.98. The highest BCUT2D eigenvalue weighted by Gasteiger charge is 2.31. The van der Waals surface area contributed by atoms with E-state index in [0.717, 1.165) is 19.3 Å². The highest BCUT2D eigenvalue weighted by atomic mass is 16.3. The molecule has 0 unspecified atom stereocenters. The summed E-state index contributed by atoms with van der Waals surface area (Å²) in [5.74, 6) is 0. The molecule has 1 saturated carbocycles. The molecule has 1 aliphatic carbocycles. The zero-order valence-electron chi connectivity index (χ0n) is 5.51. The molecular weight excluding hydrogens is 116 g/mol. The van der Waals surface area contributed by atoms with Crippen LogP contribution in [0.5, 0.6) is 0 Å². The average Bonchev–Trinajstić information content (AvgIpc) is 1.77. The van der Waals surface area contributed by atoms with Crippen LogP contribution in [-0.2, 0) is 0 Å². The van der Waals surface area contributed by atoms with Gasteiger partial charge in [-0.15, -0.1) is 0 Å². The summed E-state index contributed by atoms with van der Waals surface area (Å²) < 4.78 is 0. The van der Waals surface area contributed by atoms with Crippen molar-refractivity contribution in [2.24, 2.45) is 11.5 Å². The van der Waals surface area contributed by atoms with E-state index in [9.17, 15) is 5.11 Å². The standard InChI is InChI=1S/C6H14N2O/c7-5-3-1-2-4-6(5,8)9/h5,9H,1-4,7-8H2/t5-,6+/m0/s1. The average molecular weight is 130 g/mol. The molecule has 0 saturated heterocycles. The maximum absolute atomic E-state index is 9.30. The van der Waals surface area contributed by atoms with Crippen LogP contribution in [0.1, 0.15) is 25.7 Å². The molecule has 3 nitrogen and oxygen atoms in total. The Morgan fingerprint density at radius 2 is 2.11 bits per heavy atom. The Morgan fingerprint density at radius 1 is 1.44 bits per heavy atom. The van der Waals surface area contributed by atoms with Gasteiger partial charge < -0.3 is 16.6 Å². The molecule has 5 N–H and O–H groups in total. The maximum Gasteiger partial charge on any atom is 0.128 e. The van der Waals surface area contributed by atoms with E-state index in [1.807, 2.05) is 0 Å². The predicted octanol–water partition coefficient (Wildman–Crippen LogP) is -0.465. The SMILES string of the molecule is N[C@H]1CCCC[C@@]1(N)O. The van der Waals surface area contributed by atoms with Crippen molar-refractivity contribution in [3.63, 3.8) is 0 Å². The van der Waals surface area contributed by atoms with Gasteiger partial charge in [-0.25, -0.2) is 0 Å². The third kappa shape index (κ3) is 1.41. The van der Waals surface area contributed by atoms with Gasteiger partial charge in [0.05, 0.1) is 0 Å². The zero-order valence-corrected chi connectivity index (χ0v) is 5.51. The molecule has 3 heteroatoms. The molecule has 1 rings (SSSR count). The molecule has 0 heterocycles. The molecule has 0 radical (unpaired) electrons. The van der Waals surface area contributed by atoms with Crippen molar-refractivity contribution in [3.05, 3.63) is 0 Å². The summed E-state index contributed by atoms with van der Waals surface area (Å²) in [6, 6.07) is -0.216. The van der Waals surface area contributed by atoms with Gasteiger partial charge in [0, 0.05) is 6.04 Å². The summed E-state index contributed by atoms with van der Waals surface area (Å²) in [6.07, 6.45) is 3.60. The molecule has 0 aromatic carbocycles. The smallest absolute Gasteiger partial charge is 0.128 e. The fraction of sp³-hybridized carbons (Fsp3) is 1.00. The second kappa shape index (κ2) is 2.25. The van der Waals surface area contributed by atoms with Crippen molar-refractivity contribution in [1.82, 2.24) is 0 Å². The lowest BCUT2D eigenvalue weighted by Gasteiger charge is -2.33. The predicted molar refractivity (Wildman–Crippen MR) is 35.6 cm³/mol. The highest BCUT2D eigenvalue weighted by molar-refractivity contribution is 4.87. The molecule has 2 atom stereocenters. The number of hydrogen-bond acceptors (Lipinski definition) is 3. The summed E-state index contributed by atoms with van der Waals surface area (Å²) in [4.78, 5) is 0. The molecule has 1 aliphatic rings. The zero-order chi connectivity index (χ0) is 6.91. The van der Waals surface area contributed by atoms with Crippen molar-refractivity contribution in [3.8, 4) is 0 Å². The van der Waals surface area contributed by atoms with E-state index >= 15 is 0 Å². The van der Waals surface area contributed by atoms with Gasteiger partial charge in [-0.3, -0.25) is 0 Å². The van der Waals surface area contributed by atoms with E-state index < -0.39 is 5.72 Å². The first-order valence-electron chi connectivity index (χ1n) is 3.40. The normalized spacial score (nSPS) is 45.0. The lowest BCUT2D eigenvalue weighted by molar-refractivity contribution is -0.00820. The molecule has 1 fully saturated rings. The van der Waals surface area contributed by atoms with Crippen molar-refractivity contribution in [2.45, 2.75) is 37.5 Å². The van der Waals surface area contributed by atoms with Crippen LogP contribution in [0.3, 0.4) is 0 Å². The Hall–Kier alpha value is -0.120. The van der Waals surface area contributed by atoms with E-state index in [-0.39, 0.29) is 6.04 Å². The monoisotopic (exact) mass is 130 g/mol. The van der Waals surface area contributed by atoms with E-state index in [1.54, 1.807) is 0 Å². The Balaban J connectivity index is 2.49. The second-order valence-electron chi connectivity index (χ2n) is 2.84. The van der Waals surface area contributed by atoms with Crippen molar-refractivity contribution in [1.29, 1.82) is 0 Å². The Labute approximate surface area is 55.0 Å². The summed E-state index contributed by atoms with van der Waals surface area (Å²) in [5.41, 5.74) is 9.90. The fourth-order valence-corrected chi connectivity index (χ4v) is 1.21. The molecule has 0 amide bonds. The van der Waals surface area contributed by atoms with Crippen molar-refractivity contribution in [2.75, 3.05) is 0 Å². The van der Waals surface area contributed by atoms with Gasteiger partial charge in [0.1, 0.15) is 5.72 Å². The van der Waals surface area contributed by atoms with Gasteiger partial charge in [0.15, 0.2) is 0 Å². The van der Waals surface area contributed by atoms with Gasteiger partial charge in [-0.2, -0.15) is 0 Å². The van der Waals surface area contributed by atoms with Crippen LogP contribution in [0.4, 0.5) is 0 Å². The first kappa shape index (κ1) is 6.99. The van der Waals surface area contributed by atoms with Crippen LogP contribution in [0.2, 0.25) is 0 Å². The summed E-state index contributed by atoms with van der Waals surface area (Å²) >= 11 is 0. The third-order valence-electron chi connectivity index (χ3n) is 1.98. The second-order valence-corrected chi connectivity index (χ2v) is 2.84. The van der Waals surface area contributed by atoms with E-state index in [2.05, 4.69) is 0 Å². The number of hydrogen-bond donors (Lipinski definition) is 3. The van der Waals surface area contributed by atoms with Crippen LogP contribution in [0, 0.1) is 0 Å². The largest absolute Gasteiger partial charge is 0.374 e. The van der Waals surface area contributed by atoms with Gasteiger partial charge in [-0.05, 0) is 19.3 Å². The van der Waals surface area contributed by atoms with Crippen molar-refractivity contribution >= 4 is 0 Å². The number of rotatable bonds is 0. The fourth-order valence-electron chi connectivity index (χ4n) is 1.21. The van der Waals surface area contributed by atoms with Crippen LogP contribution in [0.15, 0.2) is 0 Å². The molecule has 54 valence electrons. The Bertz CT molecular complexity index is 103. The molecule has 0 spiro atoms. The van der Waals surface area contributed by atoms with Gasteiger partial charge in [-0.1, -0.05) is 6.42 Å². The van der Waals surface area contributed by atoms with Crippen LogP contribution < -0.4 is 11.5 Å². The first-order chi connectivity index (χ1) is 4.13. The van der Waals surface area contributed by atoms with Crippen LogP contribution >= 0.6 is 0 Å². The lowest BCUT2D eigenvalue weighted by Crippen LogP contribution is -2.56. The van der Waals surface area contributed by atoms with Gasteiger partial charge >= 0.3 is 0 Å². The van der Waals surface area contributed by atoms with E-state index in [4.69, 9.17) is 11.5 Å². The number of aliphatic hydroxyl groups is 1. The Morgan fingerprint density at radius 3 is 2.44 bits per heavy atom. The first-order valence-corrected chi connectivity index (χ1v) is 3.40. The summed E-state index contributed by atoms with van der Waals surface area (Å²) in [5, 5.41) is 9.30. The van der Waals surface area contributed by atoms with Gasteiger partial charge in [0.2, 0.25) is 0 Å². The minimum absolute atomic E-state index is 0.216.